The lowest BCUT2D eigenvalue weighted by Crippen LogP contribution is -2.40. The first-order chi connectivity index (χ1) is 7.73. The van der Waals surface area contributed by atoms with E-state index in [-0.39, 0.29) is 36.5 Å². The molecule has 3 N–H and O–H groups in total. The van der Waals surface area contributed by atoms with Crippen molar-refractivity contribution in [3.05, 3.63) is 0 Å². The summed E-state index contributed by atoms with van der Waals surface area (Å²) in [4.78, 5) is 33.9. The Hall–Kier alpha value is -1.23. The molecule has 98 valence electrons. The fourth-order valence-electron chi connectivity index (χ4n) is 1.62. The zero-order valence-electron chi connectivity index (χ0n) is 10.9. The highest BCUT2D eigenvalue weighted by Gasteiger charge is 2.23. The largest absolute Gasteiger partial charge is 0.370 e. The Balaban J connectivity index is 4.39. The third-order valence-electron chi connectivity index (χ3n) is 2.54. The summed E-state index contributed by atoms with van der Waals surface area (Å²) in [6.07, 6.45) is 0.00856. The predicted molar refractivity (Wildman–Crippen MR) is 65.3 cm³/mol. The Kier molecular flexibility index (Phi) is 6.65. The van der Waals surface area contributed by atoms with Crippen molar-refractivity contribution in [1.29, 1.82) is 0 Å². The quantitative estimate of drug-likeness (QED) is 0.645. The second-order valence-corrected chi connectivity index (χ2v) is 4.69. The zero-order chi connectivity index (χ0) is 13.6. The molecule has 0 aromatic carbocycles. The average molecular weight is 242 g/mol. The van der Waals surface area contributed by atoms with Crippen LogP contribution in [-0.4, -0.2) is 29.6 Å². The molecule has 0 radical (unpaired) electrons. The number of rotatable bonds is 8. The Morgan fingerprint density at radius 3 is 2.00 bits per heavy atom. The molecule has 0 fully saturated rings. The van der Waals surface area contributed by atoms with E-state index in [2.05, 4.69) is 5.32 Å². The van der Waals surface area contributed by atoms with Gasteiger partial charge in [0.05, 0.1) is 6.04 Å². The number of hydrogen-bond donors (Lipinski definition) is 2. The molecule has 0 bridgehead atoms. The van der Waals surface area contributed by atoms with Gasteiger partial charge in [0, 0.05) is 24.8 Å². The predicted octanol–water partition coefficient (Wildman–Crippen LogP) is 0.413. The number of nitrogens with two attached hydrogens (primary N) is 1. The highest BCUT2D eigenvalue weighted by molar-refractivity contribution is 5.91. The van der Waals surface area contributed by atoms with Crippen LogP contribution >= 0.6 is 0 Å². The van der Waals surface area contributed by atoms with E-state index in [4.69, 9.17) is 5.73 Å². The standard InChI is InChI=1S/C12H22N2O3/c1-7(2)14-8(3)11(16)5-10(9(4)15)6-12(13)17/h7-8,10,14H,5-6H2,1-4H3,(H2,13,17)/t8-,10-/m0/s1. The molecule has 0 unspecified atom stereocenters. The van der Waals surface area contributed by atoms with Crippen LogP contribution in [-0.2, 0) is 14.4 Å². The van der Waals surface area contributed by atoms with Crippen LogP contribution in [0, 0.1) is 5.92 Å². The van der Waals surface area contributed by atoms with Crippen molar-refractivity contribution in [2.24, 2.45) is 11.7 Å². The second kappa shape index (κ2) is 7.17. The van der Waals surface area contributed by atoms with E-state index in [0.717, 1.165) is 0 Å². The van der Waals surface area contributed by atoms with Gasteiger partial charge in [-0.3, -0.25) is 14.4 Å². The van der Waals surface area contributed by atoms with Gasteiger partial charge in [0.15, 0.2) is 0 Å². The summed E-state index contributed by atoms with van der Waals surface area (Å²) >= 11 is 0. The number of ketones is 2. The maximum atomic E-state index is 11.8. The first kappa shape index (κ1) is 15.8. The number of amides is 1. The highest BCUT2D eigenvalue weighted by Crippen LogP contribution is 2.12. The third-order valence-corrected chi connectivity index (χ3v) is 2.54. The molecule has 2 atom stereocenters. The maximum absolute atomic E-state index is 11.8. The van der Waals surface area contributed by atoms with Crippen LogP contribution < -0.4 is 11.1 Å². The van der Waals surface area contributed by atoms with Crippen LogP contribution in [0.1, 0.15) is 40.5 Å². The van der Waals surface area contributed by atoms with Crippen molar-refractivity contribution in [2.75, 3.05) is 0 Å². The smallest absolute Gasteiger partial charge is 0.218 e. The van der Waals surface area contributed by atoms with Crippen molar-refractivity contribution in [3.8, 4) is 0 Å². The summed E-state index contributed by atoms with van der Waals surface area (Å²) in [6.45, 7) is 7.01. The summed E-state index contributed by atoms with van der Waals surface area (Å²) < 4.78 is 0. The molecule has 0 aliphatic rings. The molecule has 5 heteroatoms. The van der Waals surface area contributed by atoms with E-state index in [0.29, 0.717) is 0 Å². The average Bonchev–Trinajstić information content (AvgIpc) is 2.14. The van der Waals surface area contributed by atoms with E-state index in [1.165, 1.54) is 6.92 Å². The number of nitrogens with one attached hydrogen (secondary N) is 1. The monoisotopic (exact) mass is 242 g/mol. The van der Waals surface area contributed by atoms with Crippen molar-refractivity contribution >= 4 is 17.5 Å². The SMILES string of the molecule is CC(=O)[C@H](CC(N)=O)CC(=O)[C@H](C)NC(C)C. The van der Waals surface area contributed by atoms with E-state index < -0.39 is 11.8 Å². The van der Waals surface area contributed by atoms with E-state index in [9.17, 15) is 14.4 Å². The van der Waals surface area contributed by atoms with Gasteiger partial charge >= 0.3 is 0 Å². The van der Waals surface area contributed by atoms with Crippen LogP contribution in [0.4, 0.5) is 0 Å². The van der Waals surface area contributed by atoms with E-state index >= 15 is 0 Å². The van der Waals surface area contributed by atoms with Crippen LogP contribution in [0.3, 0.4) is 0 Å². The van der Waals surface area contributed by atoms with Crippen molar-refractivity contribution in [1.82, 2.24) is 5.32 Å². The van der Waals surface area contributed by atoms with E-state index in [1.54, 1.807) is 6.92 Å². The minimum atomic E-state index is -0.587. The molecule has 0 saturated heterocycles. The molecule has 0 aliphatic heterocycles. The Morgan fingerprint density at radius 2 is 1.65 bits per heavy atom. The van der Waals surface area contributed by atoms with Gasteiger partial charge in [-0.2, -0.15) is 0 Å². The Labute approximate surface area is 102 Å². The van der Waals surface area contributed by atoms with Crippen LogP contribution in [0.25, 0.3) is 0 Å². The lowest BCUT2D eigenvalue weighted by molar-refractivity contribution is -0.130. The van der Waals surface area contributed by atoms with Gasteiger partial charge in [0.25, 0.3) is 0 Å². The molecule has 0 heterocycles. The second-order valence-electron chi connectivity index (χ2n) is 4.69. The van der Waals surface area contributed by atoms with E-state index in [1.807, 2.05) is 13.8 Å². The number of Topliss-reactive ketones (excluding diaryl/α,β-unsaturated/α-hetero) is 2. The minimum absolute atomic E-state index is 0.0600. The first-order valence-electron chi connectivity index (χ1n) is 5.81. The summed E-state index contributed by atoms with van der Waals surface area (Å²) in [7, 11) is 0. The first-order valence-corrected chi connectivity index (χ1v) is 5.81. The molecular formula is C12H22N2O3. The fourth-order valence-corrected chi connectivity index (χ4v) is 1.62. The summed E-state index contributed by atoms with van der Waals surface area (Å²) in [5.74, 6) is -1.38. The van der Waals surface area contributed by atoms with Crippen molar-refractivity contribution in [2.45, 2.75) is 52.6 Å². The molecule has 0 aromatic rings. The van der Waals surface area contributed by atoms with Crippen LogP contribution in [0.5, 0.6) is 0 Å². The molecular weight excluding hydrogens is 220 g/mol. The molecule has 1 amide bonds. The van der Waals surface area contributed by atoms with Gasteiger partial charge in [-0.25, -0.2) is 0 Å². The Bertz CT molecular complexity index is 300. The van der Waals surface area contributed by atoms with Gasteiger partial charge in [0.2, 0.25) is 5.91 Å². The lowest BCUT2D eigenvalue weighted by Gasteiger charge is -2.18. The zero-order valence-corrected chi connectivity index (χ0v) is 10.9. The third kappa shape index (κ3) is 6.84. The molecule has 0 aromatic heterocycles. The van der Waals surface area contributed by atoms with Gasteiger partial charge in [-0.05, 0) is 13.8 Å². The number of primary amides is 1. The Morgan fingerprint density at radius 1 is 1.12 bits per heavy atom. The van der Waals surface area contributed by atoms with Crippen molar-refractivity contribution in [3.63, 3.8) is 0 Å². The van der Waals surface area contributed by atoms with Gasteiger partial charge < -0.3 is 11.1 Å². The fraction of sp³-hybridized carbons (Fsp3) is 0.750. The van der Waals surface area contributed by atoms with Crippen LogP contribution in [0.2, 0.25) is 0 Å². The summed E-state index contributed by atoms with van der Waals surface area (Å²) in [5, 5.41) is 3.06. The van der Waals surface area contributed by atoms with Gasteiger partial charge in [-0.1, -0.05) is 13.8 Å². The molecule has 0 aliphatic carbocycles. The minimum Gasteiger partial charge on any atom is -0.370 e. The van der Waals surface area contributed by atoms with Crippen molar-refractivity contribution < 1.29 is 14.4 Å². The highest BCUT2D eigenvalue weighted by atomic mass is 16.1. The van der Waals surface area contributed by atoms with Gasteiger partial charge in [0.1, 0.15) is 11.6 Å². The number of carbonyl (C=O) groups is 3. The molecule has 17 heavy (non-hydrogen) atoms. The molecule has 0 rings (SSSR count). The number of hydrogen-bond acceptors (Lipinski definition) is 4. The van der Waals surface area contributed by atoms with Crippen LogP contribution in [0.15, 0.2) is 0 Å². The molecule has 0 spiro atoms. The molecule has 5 nitrogen and oxygen atoms in total. The summed E-state index contributed by atoms with van der Waals surface area (Å²) in [5.41, 5.74) is 5.05. The summed E-state index contributed by atoms with van der Waals surface area (Å²) in [6, 6.07) is -0.120. The normalized spacial score (nSPS) is 14.4. The maximum Gasteiger partial charge on any atom is 0.218 e. The lowest BCUT2D eigenvalue weighted by atomic mass is 9.92. The van der Waals surface area contributed by atoms with Gasteiger partial charge in [-0.15, -0.1) is 0 Å². The molecule has 0 saturated carbocycles. The topological polar surface area (TPSA) is 89.3 Å². The number of carbonyl (C=O) groups excluding carboxylic acids is 3.